The molecule has 3 nitrogen and oxygen atoms in total. The Labute approximate surface area is 112 Å². The van der Waals surface area contributed by atoms with Gasteiger partial charge in [0.05, 0.1) is 22.8 Å². The molecular formula is C13H11BrFNO2. The molecule has 0 unspecified atom stereocenters. The Hall–Kier alpha value is -1.62. The number of amides is 1. The molecule has 0 radical (unpaired) electrons. The van der Waals surface area contributed by atoms with Crippen molar-refractivity contribution in [2.75, 3.05) is 7.05 Å². The summed E-state index contributed by atoms with van der Waals surface area (Å²) < 4.78 is 18.7. The molecule has 0 aliphatic heterocycles. The molecule has 2 rings (SSSR count). The molecule has 1 aromatic heterocycles. The second kappa shape index (κ2) is 5.35. The molecular weight excluding hydrogens is 301 g/mol. The van der Waals surface area contributed by atoms with Gasteiger partial charge in [0.1, 0.15) is 11.6 Å². The lowest BCUT2D eigenvalue weighted by Gasteiger charge is -2.16. The fourth-order valence-corrected chi connectivity index (χ4v) is 2.02. The molecule has 1 heterocycles. The first-order valence-corrected chi connectivity index (χ1v) is 6.10. The molecule has 5 heteroatoms. The van der Waals surface area contributed by atoms with Crippen LogP contribution in [0.25, 0.3) is 0 Å². The molecule has 18 heavy (non-hydrogen) atoms. The van der Waals surface area contributed by atoms with Gasteiger partial charge in [-0.2, -0.15) is 0 Å². The largest absolute Gasteiger partial charge is 0.467 e. The number of hydrogen-bond acceptors (Lipinski definition) is 2. The van der Waals surface area contributed by atoms with Crippen LogP contribution < -0.4 is 0 Å². The number of hydrogen-bond donors (Lipinski definition) is 0. The van der Waals surface area contributed by atoms with Crippen molar-refractivity contribution >= 4 is 21.8 Å². The normalized spacial score (nSPS) is 10.4. The highest BCUT2D eigenvalue weighted by Gasteiger charge is 2.17. The fraction of sp³-hybridized carbons (Fsp3) is 0.154. The van der Waals surface area contributed by atoms with E-state index in [1.807, 2.05) is 0 Å². The van der Waals surface area contributed by atoms with Crippen LogP contribution in [0.4, 0.5) is 4.39 Å². The van der Waals surface area contributed by atoms with Gasteiger partial charge in [0.2, 0.25) is 0 Å². The van der Waals surface area contributed by atoms with E-state index < -0.39 is 5.82 Å². The Morgan fingerprint density at radius 3 is 2.83 bits per heavy atom. The van der Waals surface area contributed by atoms with E-state index in [9.17, 15) is 9.18 Å². The van der Waals surface area contributed by atoms with Crippen molar-refractivity contribution in [3.05, 3.63) is 58.2 Å². The maximum absolute atomic E-state index is 13.3. The van der Waals surface area contributed by atoms with Crippen molar-refractivity contribution in [2.45, 2.75) is 6.54 Å². The van der Waals surface area contributed by atoms with E-state index in [1.54, 1.807) is 31.5 Å². The zero-order valence-corrected chi connectivity index (χ0v) is 11.3. The molecule has 0 N–H and O–H groups in total. The summed E-state index contributed by atoms with van der Waals surface area (Å²) >= 11 is 3.08. The van der Waals surface area contributed by atoms with Gasteiger partial charge in [0.25, 0.3) is 5.91 Å². The van der Waals surface area contributed by atoms with Gasteiger partial charge in [0, 0.05) is 7.05 Å². The molecule has 0 fully saturated rings. The highest BCUT2D eigenvalue weighted by atomic mass is 79.9. The molecule has 2 aromatic rings. The lowest BCUT2D eigenvalue weighted by atomic mass is 10.2. The zero-order valence-electron chi connectivity index (χ0n) is 9.69. The van der Waals surface area contributed by atoms with Crippen LogP contribution in [0.3, 0.4) is 0 Å². The average Bonchev–Trinajstić information content (AvgIpc) is 2.84. The maximum Gasteiger partial charge on any atom is 0.255 e. The summed E-state index contributed by atoms with van der Waals surface area (Å²) in [6.45, 7) is 0.342. The topological polar surface area (TPSA) is 33.5 Å². The summed E-state index contributed by atoms with van der Waals surface area (Å²) in [5.41, 5.74) is 0.295. The van der Waals surface area contributed by atoms with Crippen molar-refractivity contribution in [3.8, 4) is 0 Å². The molecule has 0 spiro atoms. The van der Waals surface area contributed by atoms with Gasteiger partial charge in [-0.1, -0.05) is 6.07 Å². The van der Waals surface area contributed by atoms with E-state index in [4.69, 9.17) is 4.42 Å². The van der Waals surface area contributed by atoms with Gasteiger partial charge in [-0.15, -0.1) is 0 Å². The first-order chi connectivity index (χ1) is 8.59. The number of nitrogens with zero attached hydrogens (tertiary/aromatic N) is 1. The first kappa shape index (κ1) is 12.8. The lowest BCUT2D eigenvalue weighted by molar-refractivity contribution is 0.0774. The van der Waals surface area contributed by atoms with Crippen molar-refractivity contribution in [1.29, 1.82) is 0 Å². The minimum atomic E-state index is -0.452. The van der Waals surface area contributed by atoms with Crippen molar-refractivity contribution in [2.24, 2.45) is 0 Å². The van der Waals surface area contributed by atoms with Crippen LogP contribution in [0.5, 0.6) is 0 Å². The SMILES string of the molecule is CN(Cc1ccco1)C(=O)c1cccc(F)c1Br. The monoisotopic (exact) mass is 311 g/mol. The van der Waals surface area contributed by atoms with Crippen LogP contribution in [0.15, 0.2) is 45.5 Å². The van der Waals surface area contributed by atoms with Crippen molar-refractivity contribution in [3.63, 3.8) is 0 Å². The molecule has 94 valence electrons. The van der Waals surface area contributed by atoms with E-state index in [-0.39, 0.29) is 10.4 Å². The van der Waals surface area contributed by atoms with Crippen LogP contribution in [0, 0.1) is 5.82 Å². The van der Waals surface area contributed by atoms with Crippen molar-refractivity contribution < 1.29 is 13.6 Å². The number of rotatable bonds is 3. The number of halogens is 2. The van der Waals surface area contributed by atoms with Gasteiger partial charge >= 0.3 is 0 Å². The Balaban J connectivity index is 2.18. The smallest absolute Gasteiger partial charge is 0.255 e. The molecule has 0 aliphatic carbocycles. The van der Waals surface area contributed by atoms with Gasteiger partial charge in [-0.05, 0) is 40.2 Å². The van der Waals surface area contributed by atoms with Crippen molar-refractivity contribution in [1.82, 2.24) is 4.90 Å². The second-order valence-electron chi connectivity index (χ2n) is 3.84. The third kappa shape index (κ3) is 2.61. The molecule has 0 saturated heterocycles. The quantitative estimate of drug-likeness (QED) is 0.870. The Kier molecular flexibility index (Phi) is 3.81. The summed E-state index contributed by atoms with van der Waals surface area (Å²) in [7, 11) is 1.64. The Morgan fingerprint density at radius 1 is 1.39 bits per heavy atom. The van der Waals surface area contributed by atoms with E-state index in [2.05, 4.69) is 15.9 Å². The van der Waals surface area contributed by atoms with Gasteiger partial charge < -0.3 is 9.32 Å². The van der Waals surface area contributed by atoms with Gasteiger partial charge in [-0.25, -0.2) is 4.39 Å². The van der Waals surface area contributed by atoms with Crippen LogP contribution in [0.2, 0.25) is 0 Å². The summed E-state index contributed by atoms with van der Waals surface area (Å²) in [6.07, 6.45) is 1.55. The third-order valence-corrected chi connectivity index (χ3v) is 3.31. The van der Waals surface area contributed by atoms with Crippen LogP contribution in [0.1, 0.15) is 16.1 Å². The standard InChI is InChI=1S/C13H11BrFNO2/c1-16(8-9-4-3-7-18-9)13(17)10-5-2-6-11(15)12(10)14/h2-7H,8H2,1H3. The maximum atomic E-state index is 13.3. The third-order valence-electron chi connectivity index (χ3n) is 2.50. The molecule has 0 bridgehead atoms. The second-order valence-corrected chi connectivity index (χ2v) is 4.63. The van der Waals surface area contributed by atoms with E-state index >= 15 is 0 Å². The summed E-state index contributed by atoms with van der Waals surface area (Å²) in [6, 6.07) is 7.92. The van der Waals surface area contributed by atoms with E-state index in [1.165, 1.54) is 17.0 Å². The van der Waals surface area contributed by atoms with E-state index in [0.29, 0.717) is 17.9 Å². The lowest BCUT2D eigenvalue weighted by Crippen LogP contribution is -2.26. The predicted molar refractivity (Wildman–Crippen MR) is 68.6 cm³/mol. The predicted octanol–water partition coefficient (Wildman–Crippen LogP) is 3.45. The minimum absolute atomic E-state index is 0.182. The number of carbonyl (C=O) groups is 1. The van der Waals surface area contributed by atoms with Gasteiger partial charge in [-0.3, -0.25) is 4.79 Å². The summed E-state index contributed by atoms with van der Waals surface area (Å²) in [4.78, 5) is 13.6. The number of carbonyl (C=O) groups excluding carboxylic acids is 1. The highest BCUT2D eigenvalue weighted by Crippen LogP contribution is 2.22. The average molecular weight is 312 g/mol. The molecule has 0 atom stereocenters. The van der Waals surface area contributed by atoms with E-state index in [0.717, 1.165) is 0 Å². The fourth-order valence-electron chi connectivity index (χ4n) is 1.58. The van der Waals surface area contributed by atoms with Crippen LogP contribution in [-0.4, -0.2) is 17.9 Å². The van der Waals surface area contributed by atoms with Crippen LogP contribution in [-0.2, 0) is 6.54 Å². The highest BCUT2D eigenvalue weighted by molar-refractivity contribution is 9.10. The number of furan rings is 1. The molecule has 0 saturated carbocycles. The zero-order chi connectivity index (χ0) is 13.1. The summed E-state index contributed by atoms with van der Waals surface area (Å²) in [5.74, 6) is -0.0385. The molecule has 1 amide bonds. The number of benzene rings is 1. The molecule has 0 aliphatic rings. The summed E-state index contributed by atoms with van der Waals surface area (Å²) in [5, 5.41) is 0. The van der Waals surface area contributed by atoms with Crippen LogP contribution >= 0.6 is 15.9 Å². The minimum Gasteiger partial charge on any atom is -0.467 e. The molecule has 1 aromatic carbocycles. The Bertz CT molecular complexity index is 554. The first-order valence-electron chi connectivity index (χ1n) is 5.31. The Morgan fingerprint density at radius 2 is 2.17 bits per heavy atom. The van der Waals surface area contributed by atoms with Gasteiger partial charge in [0.15, 0.2) is 0 Å².